The summed E-state index contributed by atoms with van der Waals surface area (Å²) in [5.41, 5.74) is 2.18. The van der Waals surface area contributed by atoms with Crippen LogP contribution in [0.15, 0.2) is 36.4 Å². The van der Waals surface area contributed by atoms with E-state index >= 15 is 0 Å². The van der Waals surface area contributed by atoms with Crippen LogP contribution < -0.4 is 0 Å². The molecule has 19 heavy (non-hydrogen) atoms. The summed E-state index contributed by atoms with van der Waals surface area (Å²) in [6.45, 7) is 9.09. The zero-order valence-corrected chi connectivity index (χ0v) is 11.8. The fourth-order valence-electron chi connectivity index (χ4n) is 3.10. The zero-order chi connectivity index (χ0) is 13.5. The van der Waals surface area contributed by atoms with Gasteiger partial charge in [0, 0.05) is 0 Å². The Morgan fingerprint density at radius 2 is 1.84 bits per heavy atom. The molecule has 0 unspecified atom stereocenters. The van der Waals surface area contributed by atoms with Crippen LogP contribution in [0, 0.1) is 12.5 Å². The van der Waals surface area contributed by atoms with Gasteiger partial charge in [0.2, 0.25) is 0 Å². The van der Waals surface area contributed by atoms with E-state index in [4.69, 9.17) is 6.57 Å². The van der Waals surface area contributed by atoms with Crippen LogP contribution in [0.25, 0.3) is 4.85 Å². The Kier molecular flexibility index (Phi) is 5.21. The van der Waals surface area contributed by atoms with E-state index in [1.165, 1.54) is 44.1 Å². The lowest BCUT2D eigenvalue weighted by molar-refractivity contribution is 0.312. The Morgan fingerprint density at radius 1 is 1.16 bits per heavy atom. The summed E-state index contributed by atoms with van der Waals surface area (Å²) < 4.78 is 0. The predicted molar refractivity (Wildman–Crippen MR) is 81.5 cm³/mol. The summed E-state index contributed by atoms with van der Waals surface area (Å²) in [5.74, 6) is 1.65. The van der Waals surface area contributed by atoms with Gasteiger partial charge < -0.3 is 0 Å². The Balaban J connectivity index is 1.83. The summed E-state index contributed by atoms with van der Waals surface area (Å²) >= 11 is 0. The molecule has 100 valence electrons. The minimum atomic E-state index is 0.720. The molecule has 1 aliphatic carbocycles. The van der Waals surface area contributed by atoms with Gasteiger partial charge in [0.05, 0.1) is 6.57 Å². The maximum absolute atomic E-state index is 6.98. The highest BCUT2D eigenvalue weighted by molar-refractivity contribution is 5.45. The summed E-state index contributed by atoms with van der Waals surface area (Å²) in [5, 5.41) is 0. The largest absolute Gasteiger partial charge is 0.238 e. The Labute approximate surface area is 117 Å². The normalized spacial score (nSPS) is 23.4. The number of nitrogens with zero attached hydrogens (tertiary/aromatic N) is 1. The van der Waals surface area contributed by atoms with Gasteiger partial charge in [-0.25, -0.2) is 4.85 Å². The van der Waals surface area contributed by atoms with Crippen molar-refractivity contribution in [1.29, 1.82) is 0 Å². The minimum absolute atomic E-state index is 0.720. The number of hydrogen-bond acceptors (Lipinski definition) is 0. The zero-order valence-electron chi connectivity index (χ0n) is 11.8. The third-order valence-electron chi connectivity index (χ3n) is 4.32. The van der Waals surface area contributed by atoms with Crippen molar-refractivity contribution in [3.63, 3.8) is 0 Å². The summed E-state index contributed by atoms with van der Waals surface area (Å²) in [6, 6.07) is 8.22. The Morgan fingerprint density at radius 3 is 2.42 bits per heavy atom. The molecule has 1 aliphatic rings. The van der Waals surface area contributed by atoms with Crippen molar-refractivity contribution in [2.45, 2.75) is 51.4 Å². The van der Waals surface area contributed by atoms with Crippen LogP contribution in [0.5, 0.6) is 0 Å². The van der Waals surface area contributed by atoms with Gasteiger partial charge >= 0.3 is 0 Å². The van der Waals surface area contributed by atoms with Gasteiger partial charge in [-0.3, -0.25) is 0 Å². The molecule has 1 nitrogen and oxygen atoms in total. The quantitative estimate of drug-likeness (QED) is 0.467. The molecule has 1 aromatic rings. The van der Waals surface area contributed by atoms with Crippen molar-refractivity contribution in [2.75, 3.05) is 0 Å². The number of allylic oxidation sites excluding steroid dienone is 2. The first kappa shape index (κ1) is 13.9. The van der Waals surface area contributed by atoms with E-state index in [0.29, 0.717) is 0 Å². The van der Waals surface area contributed by atoms with Crippen LogP contribution in [0.2, 0.25) is 0 Å². The lowest BCUT2D eigenvalue weighted by atomic mass is 9.77. The van der Waals surface area contributed by atoms with Crippen LogP contribution in [0.3, 0.4) is 0 Å². The molecular weight excluding hydrogens is 230 g/mol. The van der Waals surface area contributed by atoms with Crippen molar-refractivity contribution >= 4 is 5.69 Å². The third kappa shape index (κ3) is 3.96. The summed E-state index contributed by atoms with van der Waals surface area (Å²) in [4.78, 5) is 3.45. The van der Waals surface area contributed by atoms with Crippen LogP contribution in [-0.2, 0) is 0 Å². The molecule has 0 atom stereocenters. The van der Waals surface area contributed by atoms with Crippen LogP contribution in [-0.4, -0.2) is 0 Å². The molecule has 0 N–H and O–H groups in total. The maximum Gasteiger partial charge on any atom is 0.187 e. The van der Waals surface area contributed by atoms with E-state index in [2.05, 4.69) is 36.1 Å². The standard InChI is InChI=1S/C18H23N/c1-3-4-5-6-15-7-9-16(10-8-15)17-11-13-18(19-2)14-12-17/h3-4,11-16H,5-10H2,1H3/b4-3+. The fraction of sp³-hybridized carbons (Fsp3) is 0.500. The van der Waals surface area contributed by atoms with Crippen molar-refractivity contribution < 1.29 is 0 Å². The average molecular weight is 253 g/mol. The smallest absolute Gasteiger partial charge is 0.187 e. The molecule has 0 spiro atoms. The predicted octanol–water partition coefficient (Wildman–Crippen LogP) is 5.87. The monoisotopic (exact) mass is 253 g/mol. The first-order valence-corrected chi connectivity index (χ1v) is 7.42. The number of hydrogen-bond donors (Lipinski definition) is 0. The number of benzene rings is 1. The maximum atomic E-state index is 6.98. The SMILES string of the molecule is [C-]#[N+]c1ccc(C2CCC(CC/C=C/C)CC2)cc1. The molecule has 0 saturated heterocycles. The van der Waals surface area contributed by atoms with Crippen LogP contribution >= 0.6 is 0 Å². The molecule has 1 saturated carbocycles. The summed E-state index contributed by atoms with van der Waals surface area (Å²) in [7, 11) is 0. The van der Waals surface area contributed by atoms with Gasteiger partial charge in [-0.1, -0.05) is 36.4 Å². The lowest BCUT2D eigenvalue weighted by Gasteiger charge is -2.28. The molecule has 0 amide bonds. The van der Waals surface area contributed by atoms with Gasteiger partial charge in [0.15, 0.2) is 5.69 Å². The minimum Gasteiger partial charge on any atom is -0.238 e. The molecule has 1 heteroatoms. The van der Waals surface area contributed by atoms with Gasteiger partial charge in [-0.15, -0.1) is 0 Å². The molecule has 0 heterocycles. The second-order valence-electron chi connectivity index (χ2n) is 5.57. The van der Waals surface area contributed by atoms with Crippen molar-refractivity contribution in [3.8, 4) is 0 Å². The van der Waals surface area contributed by atoms with Gasteiger partial charge in [-0.05, 0) is 62.8 Å². The average Bonchev–Trinajstić information content (AvgIpc) is 2.48. The van der Waals surface area contributed by atoms with Gasteiger partial charge in [0.25, 0.3) is 0 Å². The topological polar surface area (TPSA) is 4.36 Å². The molecule has 0 aromatic heterocycles. The van der Waals surface area contributed by atoms with E-state index in [9.17, 15) is 0 Å². The molecule has 0 bridgehead atoms. The van der Waals surface area contributed by atoms with E-state index in [1.54, 1.807) is 0 Å². The highest BCUT2D eigenvalue weighted by Gasteiger charge is 2.21. The highest BCUT2D eigenvalue weighted by Crippen LogP contribution is 2.37. The fourth-order valence-corrected chi connectivity index (χ4v) is 3.10. The Hall–Kier alpha value is -1.55. The second-order valence-corrected chi connectivity index (χ2v) is 5.57. The van der Waals surface area contributed by atoms with E-state index in [1.807, 2.05) is 12.1 Å². The highest BCUT2D eigenvalue weighted by atomic mass is 14.6. The number of rotatable bonds is 4. The summed E-state index contributed by atoms with van der Waals surface area (Å²) in [6.07, 6.45) is 12.4. The molecule has 1 fully saturated rings. The van der Waals surface area contributed by atoms with Gasteiger partial charge in [-0.2, -0.15) is 0 Å². The van der Waals surface area contributed by atoms with E-state index in [0.717, 1.165) is 17.5 Å². The Bertz CT molecular complexity index is 442. The first-order chi connectivity index (χ1) is 9.33. The van der Waals surface area contributed by atoms with Crippen molar-refractivity contribution in [1.82, 2.24) is 0 Å². The first-order valence-electron chi connectivity index (χ1n) is 7.42. The molecule has 0 aliphatic heterocycles. The third-order valence-corrected chi connectivity index (χ3v) is 4.32. The molecule has 1 aromatic carbocycles. The van der Waals surface area contributed by atoms with Crippen LogP contribution in [0.4, 0.5) is 5.69 Å². The molecular formula is C18H23N. The van der Waals surface area contributed by atoms with Crippen molar-refractivity contribution in [3.05, 3.63) is 53.4 Å². The second kappa shape index (κ2) is 7.14. The van der Waals surface area contributed by atoms with E-state index < -0.39 is 0 Å². The van der Waals surface area contributed by atoms with E-state index in [-0.39, 0.29) is 0 Å². The molecule has 0 radical (unpaired) electrons. The molecule has 2 rings (SSSR count). The lowest BCUT2D eigenvalue weighted by Crippen LogP contribution is -2.13. The van der Waals surface area contributed by atoms with Crippen molar-refractivity contribution in [2.24, 2.45) is 5.92 Å². The van der Waals surface area contributed by atoms with Gasteiger partial charge in [0.1, 0.15) is 0 Å². The van der Waals surface area contributed by atoms with Crippen LogP contribution in [0.1, 0.15) is 56.9 Å².